The molecular formula is C20H22O3. The van der Waals surface area contributed by atoms with Gasteiger partial charge in [-0.3, -0.25) is 0 Å². The van der Waals surface area contributed by atoms with Gasteiger partial charge in [0.2, 0.25) is 0 Å². The summed E-state index contributed by atoms with van der Waals surface area (Å²) in [6.07, 6.45) is 2.82. The Kier molecular flexibility index (Phi) is 4.42. The molecule has 0 spiro atoms. The molecule has 0 amide bonds. The summed E-state index contributed by atoms with van der Waals surface area (Å²) in [7, 11) is 0. The quantitative estimate of drug-likeness (QED) is 0.702. The highest BCUT2D eigenvalue weighted by Gasteiger charge is 2.24. The molecule has 120 valence electrons. The molecule has 2 fully saturated rings. The third-order valence-electron chi connectivity index (χ3n) is 4.45. The predicted octanol–water partition coefficient (Wildman–Crippen LogP) is 3.29. The van der Waals surface area contributed by atoms with Crippen LogP contribution in [0.25, 0.3) is 0 Å². The number of epoxide rings is 2. The van der Waals surface area contributed by atoms with Gasteiger partial charge in [0.1, 0.15) is 0 Å². The van der Waals surface area contributed by atoms with E-state index in [0.29, 0.717) is 25.4 Å². The molecule has 2 saturated heterocycles. The van der Waals surface area contributed by atoms with Crippen molar-refractivity contribution < 1.29 is 14.2 Å². The summed E-state index contributed by atoms with van der Waals surface area (Å²) in [4.78, 5) is 0. The van der Waals surface area contributed by atoms with Crippen LogP contribution in [0, 0.1) is 0 Å². The molecule has 0 radical (unpaired) electrons. The van der Waals surface area contributed by atoms with E-state index in [4.69, 9.17) is 14.2 Å². The van der Waals surface area contributed by atoms with E-state index in [0.717, 1.165) is 26.1 Å². The summed E-state index contributed by atoms with van der Waals surface area (Å²) in [5, 5.41) is 0. The minimum Gasteiger partial charge on any atom is -0.373 e. The molecule has 4 rings (SSSR count). The molecule has 0 N–H and O–H groups in total. The third kappa shape index (κ3) is 4.20. The first-order valence-electron chi connectivity index (χ1n) is 8.33. The molecule has 0 saturated carbocycles. The molecule has 0 aliphatic carbocycles. The third-order valence-corrected chi connectivity index (χ3v) is 4.45. The molecular weight excluding hydrogens is 288 g/mol. The topological polar surface area (TPSA) is 34.3 Å². The van der Waals surface area contributed by atoms with Gasteiger partial charge in [0.25, 0.3) is 0 Å². The standard InChI is InChI=1S/C20H22O3/c1-3-7-17(15(5-1)9-19-13-22-19)11-21-12-18-8-4-2-6-16(18)10-20-14-23-20/h1-8,19-20H,9-14H2. The maximum atomic E-state index is 6.01. The summed E-state index contributed by atoms with van der Waals surface area (Å²) in [6, 6.07) is 17.0. The van der Waals surface area contributed by atoms with E-state index in [9.17, 15) is 0 Å². The molecule has 2 aliphatic rings. The Morgan fingerprint density at radius 1 is 0.696 bits per heavy atom. The van der Waals surface area contributed by atoms with E-state index in [1.54, 1.807) is 0 Å². The van der Waals surface area contributed by atoms with Gasteiger partial charge >= 0.3 is 0 Å². The summed E-state index contributed by atoms with van der Waals surface area (Å²) >= 11 is 0. The van der Waals surface area contributed by atoms with Crippen LogP contribution in [0.3, 0.4) is 0 Å². The van der Waals surface area contributed by atoms with Crippen LogP contribution in [0.4, 0.5) is 0 Å². The molecule has 2 aliphatic heterocycles. The van der Waals surface area contributed by atoms with Gasteiger partial charge in [0.05, 0.1) is 38.6 Å². The average Bonchev–Trinajstić information content (AvgIpc) is 3.47. The lowest BCUT2D eigenvalue weighted by Gasteiger charge is -2.12. The second-order valence-corrected chi connectivity index (χ2v) is 6.35. The van der Waals surface area contributed by atoms with E-state index in [-0.39, 0.29) is 0 Å². The van der Waals surface area contributed by atoms with E-state index in [1.807, 2.05) is 0 Å². The fourth-order valence-electron chi connectivity index (χ4n) is 2.93. The second kappa shape index (κ2) is 6.83. The SMILES string of the molecule is c1ccc(CC2CO2)c(COCc2ccccc2CC2CO2)c1. The molecule has 3 heteroatoms. The Balaban J connectivity index is 1.36. The number of rotatable bonds is 8. The first kappa shape index (κ1) is 14.9. The molecule has 2 heterocycles. The van der Waals surface area contributed by atoms with Crippen molar-refractivity contribution in [1.82, 2.24) is 0 Å². The molecule has 2 aromatic carbocycles. The normalized spacial score (nSPS) is 22.1. The van der Waals surface area contributed by atoms with Gasteiger partial charge in [-0.15, -0.1) is 0 Å². The Morgan fingerprint density at radius 2 is 1.09 bits per heavy atom. The maximum absolute atomic E-state index is 6.01. The molecule has 3 nitrogen and oxygen atoms in total. The Labute approximate surface area is 137 Å². The Morgan fingerprint density at radius 3 is 1.48 bits per heavy atom. The summed E-state index contributed by atoms with van der Waals surface area (Å²) in [5.74, 6) is 0. The van der Waals surface area contributed by atoms with Crippen LogP contribution in [0.1, 0.15) is 22.3 Å². The summed E-state index contributed by atoms with van der Waals surface area (Å²) in [6.45, 7) is 3.09. The van der Waals surface area contributed by atoms with Crippen molar-refractivity contribution in [3.05, 3.63) is 70.8 Å². The van der Waals surface area contributed by atoms with Gasteiger partial charge in [0.15, 0.2) is 0 Å². The number of hydrogen-bond donors (Lipinski definition) is 0. The zero-order chi connectivity index (χ0) is 15.5. The first-order chi connectivity index (χ1) is 11.4. The van der Waals surface area contributed by atoms with Crippen LogP contribution in [-0.2, 0) is 40.3 Å². The minimum absolute atomic E-state index is 0.412. The number of ether oxygens (including phenoxy) is 3. The van der Waals surface area contributed by atoms with Gasteiger partial charge in [0, 0.05) is 12.8 Å². The molecule has 0 bridgehead atoms. The highest BCUT2D eigenvalue weighted by atomic mass is 16.6. The molecule has 0 aromatic heterocycles. The molecule has 23 heavy (non-hydrogen) atoms. The van der Waals surface area contributed by atoms with Crippen molar-refractivity contribution in [3.8, 4) is 0 Å². The minimum atomic E-state index is 0.412. The van der Waals surface area contributed by atoms with E-state index in [1.165, 1.54) is 22.3 Å². The van der Waals surface area contributed by atoms with Crippen LogP contribution in [-0.4, -0.2) is 25.4 Å². The van der Waals surface area contributed by atoms with Gasteiger partial charge in [-0.2, -0.15) is 0 Å². The zero-order valence-electron chi connectivity index (χ0n) is 13.2. The summed E-state index contributed by atoms with van der Waals surface area (Å²) in [5.41, 5.74) is 5.22. The average molecular weight is 310 g/mol. The monoisotopic (exact) mass is 310 g/mol. The lowest BCUT2D eigenvalue weighted by atomic mass is 10.0. The number of hydrogen-bond acceptors (Lipinski definition) is 3. The molecule has 2 atom stereocenters. The van der Waals surface area contributed by atoms with Gasteiger partial charge < -0.3 is 14.2 Å². The van der Waals surface area contributed by atoms with Crippen molar-refractivity contribution in [3.63, 3.8) is 0 Å². The highest BCUT2D eigenvalue weighted by Crippen LogP contribution is 2.22. The lowest BCUT2D eigenvalue weighted by Crippen LogP contribution is -2.04. The Bertz CT molecular complexity index is 602. The molecule has 2 aromatic rings. The van der Waals surface area contributed by atoms with Crippen LogP contribution in [0.15, 0.2) is 48.5 Å². The fourth-order valence-corrected chi connectivity index (χ4v) is 2.93. The van der Waals surface area contributed by atoms with Crippen molar-refractivity contribution in [2.24, 2.45) is 0 Å². The predicted molar refractivity (Wildman–Crippen MR) is 88.3 cm³/mol. The maximum Gasteiger partial charge on any atom is 0.0850 e. The van der Waals surface area contributed by atoms with E-state index in [2.05, 4.69) is 48.5 Å². The first-order valence-corrected chi connectivity index (χ1v) is 8.33. The lowest BCUT2D eigenvalue weighted by molar-refractivity contribution is 0.106. The second-order valence-electron chi connectivity index (χ2n) is 6.35. The van der Waals surface area contributed by atoms with E-state index < -0.39 is 0 Å². The Hall–Kier alpha value is -1.68. The van der Waals surface area contributed by atoms with Gasteiger partial charge in [-0.05, 0) is 22.3 Å². The number of benzene rings is 2. The van der Waals surface area contributed by atoms with Crippen molar-refractivity contribution >= 4 is 0 Å². The smallest absolute Gasteiger partial charge is 0.0850 e. The van der Waals surface area contributed by atoms with Gasteiger partial charge in [-0.25, -0.2) is 0 Å². The zero-order valence-corrected chi connectivity index (χ0v) is 13.2. The highest BCUT2D eigenvalue weighted by molar-refractivity contribution is 5.29. The summed E-state index contributed by atoms with van der Waals surface area (Å²) < 4.78 is 16.7. The fraction of sp³-hybridized carbons (Fsp3) is 0.400. The van der Waals surface area contributed by atoms with Crippen LogP contribution >= 0.6 is 0 Å². The molecule has 2 unspecified atom stereocenters. The van der Waals surface area contributed by atoms with Crippen LogP contribution in [0.2, 0.25) is 0 Å². The van der Waals surface area contributed by atoms with Gasteiger partial charge in [-0.1, -0.05) is 48.5 Å². The van der Waals surface area contributed by atoms with E-state index >= 15 is 0 Å². The van der Waals surface area contributed by atoms with Crippen molar-refractivity contribution in [1.29, 1.82) is 0 Å². The largest absolute Gasteiger partial charge is 0.373 e. The van der Waals surface area contributed by atoms with Crippen molar-refractivity contribution in [2.75, 3.05) is 13.2 Å². The van der Waals surface area contributed by atoms with Crippen LogP contribution < -0.4 is 0 Å². The van der Waals surface area contributed by atoms with Crippen LogP contribution in [0.5, 0.6) is 0 Å². The van der Waals surface area contributed by atoms with Crippen molar-refractivity contribution in [2.45, 2.75) is 38.3 Å².